The average molecular weight is 146 g/mol. The Balaban J connectivity index is 0. The fourth-order valence-electron chi connectivity index (χ4n) is 0.112. The summed E-state index contributed by atoms with van der Waals surface area (Å²) in [5.74, 6) is -0.833. The Morgan fingerprint density at radius 1 is 1.80 bits per heavy atom. The molecule has 3 N–H and O–H groups in total. The largest absolute Gasteiger partial charge is 0.481 e. The summed E-state index contributed by atoms with van der Waals surface area (Å²) in [5.41, 5.74) is 0. The predicted molar refractivity (Wildman–Crippen MR) is 34.0 cm³/mol. The Morgan fingerprint density at radius 2 is 2.20 bits per heavy atom. The summed E-state index contributed by atoms with van der Waals surface area (Å²) in [6.45, 7) is 1.18. The van der Waals surface area contributed by atoms with Crippen LogP contribution in [0.15, 0.2) is 0 Å². The molecule has 5 heteroatoms. The van der Waals surface area contributed by atoms with Crippen molar-refractivity contribution in [2.24, 2.45) is 0 Å². The van der Waals surface area contributed by atoms with Crippen molar-refractivity contribution in [2.75, 3.05) is 13.3 Å². The number of nitrogens with one attached hydrogen (secondary N) is 1. The molecule has 0 aromatic rings. The minimum absolute atomic E-state index is 0.117. The van der Waals surface area contributed by atoms with E-state index in [2.05, 4.69) is 5.32 Å². The van der Waals surface area contributed by atoms with Crippen molar-refractivity contribution >= 4 is 5.97 Å². The molecule has 0 atom stereocenters. The van der Waals surface area contributed by atoms with E-state index >= 15 is 0 Å². The average Bonchev–Trinajstić information content (AvgIpc) is 1.82. The van der Waals surface area contributed by atoms with Crippen molar-refractivity contribution in [2.45, 2.75) is 6.92 Å². The lowest BCUT2D eigenvalue weighted by Crippen LogP contribution is -2.13. The highest BCUT2D eigenvalue weighted by Gasteiger charge is 1.70. The lowest BCUT2D eigenvalue weighted by atomic mass is 10.7. The van der Waals surface area contributed by atoms with Gasteiger partial charge in [-0.25, -0.2) is 0 Å². The van der Waals surface area contributed by atoms with Gasteiger partial charge in [0.25, 0.3) is 5.97 Å². The maximum atomic E-state index is 9.00. The van der Waals surface area contributed by atoms with E-state index in [0.717, 1.165) is 6.92 Å². The molecular formula is C5H10N2O3. The fourth-order valence-corrected chi connectivity index (χ4v) is 0.112. The molecule has 0 aromatic heterocycles. The second-order valence-electron chi connectivity index (χ2n) is 1.26. The van der Waals surface area contributed by atoms with Gasteiger partial charge in [0, 0.05) is 6.92 Å². The van der Waals surface area contributed by atoms with Crippen molar-refractivity contribution in [3.8, 4) is 6.07 Å². The van der Waals surface area contributed by atoms with Gasteiger partial charge in [-0.05, 0) is 0 Å². The van der Waals surface area contributed by atoms with E-state index in [1.807, 2.05) is 0 Å². The van der Waals surface area contributed by atoms with Gasteiger partial charge in [-0.3, -0.25) is 10.1 Å². The minimum atomic E-state index is -0.833. The molecule has 0 bridgehead atoms. The molecule has 0 heterocycles. The monoisotopic (exact) mass is 146 g/mol. The zero-order chi connectivity index (χ0) is 8.41. The Morgan fingerprint density at radius 3 is 2.30 bits per heavy atom. The third kappa shape index (κ3) is 67.3. The van der Waals surface area contributed by atoms with Crippen LogP contribution in [-0.2, 0) is 4.79 Å². The molecule has 0 aromatic carbocycles. The van der Waals surface area contributed by atoms with E-state index in [-0.39, 0.29) is 13.3 Å². The van der Waals surface area contributed by atoms with Crippen LogP contribution in [0.1, 0.15) is 6.92 Å². The Hall–Kier alpha value is -1.12. The summed E-state index contributed by atoms with van der Waals surface area (Å²) < 4.78 is 0. The number of aliphatic hydroxyl groups excluding tert-OH is 1. The van der Waals surface area contributed by atoms with Gasteiger partial charge in [0.1, 0.15) is 0 Å². The third-order valence-electron chi connectivity index (χ3n) is 0.316. The van der Waals surface area contributed by atoms with Gasteiger partial charge < -0.3 is 10.2 Å². The van der Waals surface area contributed by atoms with E-state index < -0.39 is 5.97 Å². The summed E-state index contributed by atoms with van der Waals surface area (Å²) in [5, 5.41) is 25.5. The number of carboxylic acids is 1. The van der Waals surface area contributed by atoms with E-state index in [0.29, 0.717) is 0 Å². The Kier molecular flexibility index (Phi) is 12.6. The highest BCUT2D eigenvalue weighted by molar-refractivity contribution is 5.62. The van der Waals surface area contributed by atoms with Gasteiger partial charge in [-0.1, -0.05) is 0 Å². The number of nitriles is 1. The topological polar surface area (TPSA) is 93.3 Å². The normalized spacial score (nSPS) is 6.90. The lowest BCUT2D eigenvalue weighted by Gasteiger charge is -1.83. The first kappa shape index (κ1) is 11.6. The van der Waals surface area contributed by atoms with Crippen LogP contribution < -0.4 is 5.32 Å². The van der Waals surface area contributed by atoms with Gasteiger partial charge in [0.15, 0.2) is 0 Å². The lowest BCUT2D eigenvalue weighted by molar-refractivity contribution is -0.134. The zero-order valence-electron chi connectivity index (χ0n) is 5.66. The number of nitrogens with zero attached hydrogens (tertiary/aromatic N) is 1. The van der Waals surface area contributed by atoms with Gasteiger partial charge in [0.2, 0.25) is 0 Å². The molecule has 0 aliphatic rings. The quantitative estimate of drug-likeness (QED) is 0.268. The van der Waals surface area contributed by atoms with Crippen molar-refractivity contribution in [3.05, 3.63) is 0 Å². The molecule has 0 aliphatic heterocycles. The van der Waals surface area contributed by atoms with Crippen LogP contribution >= 0.6 is 0 Å². The molecule has 5 nitrogen and oxygen atoms in total. The molecule has 0 amide bonds. The van der Waals surface area contributed by atoms with Crippen LogP contribution in [0, 0.1) is 11.3 Å². The number of hydrogen-bond donors (Lipinski definition) is 3. The molecule has 0 unspecified atom stereocenters. The smallest absolute Gasteiger partial charge is 0.300 e. The SMILES string of the molecule is CC(=O)O.N#CCNCO. The van der Waals surface area contributed by atoms with E-state index in [4.69, 9.17) is 20.3 Å². The number of aliphatic carboxylic acids is 1. The predicted octanol–water partition coefficient (Wildman–Crippen LogP) is -0.860. The summed E-state index contributed by atoms with van der Waals surface area (Å²) in [7, 11) is 0. The molecule has 0 saturated carbocycles. The van der Waals surface area contributed by atoms with Crippen molar-refractivity contribution in [1.29, 1.82) is 5.26 Å². The van der Waals surface area contributed by atoms with Crippen molar-refractivity contribution in [1.82, 2.24) is 5.32 Å². The Labute approximate surface area is 58.9 Å². The van der Waals surface area contributed by atoms with Crippen LogP contribution in [-0.4, -0.2) is 29.5 Å². The van der Waals surface area contributed by atoms with Gasteiger partial charge >= 0.3 is 0 Å². The van der Waals surface area contributed by atoms with Crippen LogP contribution in [0.5, 0.6) is 0 Å². The maximum absolute atomic E-state index is 9.00. The molecular weight excluding hydrogens is 136 g/mol. The van der Waals surface area contributed by atoms with Crippen LogP contribution in [0.2, 0.25) is 0 Å². The molecule has 0 rings (SSSR count). The number of carbonyl (C=O) groups is 1. The highest BCUT2D eigenvalue weighted by Crippen LogP contribution is 1.45. The van der Waals surface area contributed by atoms with E-state index in [1.165, 1.54) is 0 Å². The number of hydrogen-bond acceptors (Lipinski definition) is 4. The maximum Gasteiger partial charge on any atom is 0.300 e. The highest BCUT2D eigenvalue weighted by atomic mass is 16.4. The van der Waals surface area contributed by atoms with Crippen molar-refractivity contribution in [3.63, 3.8) is 0 Å². The number of rotatable bonds is 2. The second kappa shape index (κ2) is 10.8. The molecule has 0 spiro atoms. The molecule has 10 heavy (non-hydrogen) atoms. The van der Waals surface area contributed by atoms with Crippen molar-refractivity contribution < 1.29 is 15.0 Å². The third-order valence-corrected chi connectivity index (χ3v) is 0.316. The minimum Gasteiger partial charge on any atom is -0.481 e. The standard InChI is InChI=1S/C3H6N2O.C2H4O2/c4-1-2-5-3-6;1-2(3)4/h5-6H,2-3H2;1H3,(H,3,4). The fraction of sp³-hybridized carbons (Fsp3) is 0.600. The van der Waals surface area contributed by atoms with Crippen LogP contribution in [0.25, 0.3) is 0 Å². The van der Waals surface area contributed by atoms with Gasteiger partial charge in [0.05, 0.1) is 19.3 Å². The number of carboxylic acid groups (broad SMARTS) is 1. The molecule has 58 valence electrons. The Bertz CT molecular complexity index is 115. The molecule has 0 saturated heterocycles. The first-order valence-electron chi connectivity index (χ1n) is 2.53. The second-order valence-corrected chi connectivity index (χ2v) is 1.26. The van der Waals surface area contributed by atoms with E-state index in [1.54, 1.807) is 6.07 Å². The van der Waals surface area contributed by atoms with Gasteiger partial charge in [-0.15, -0.1) is 0 Å². The summed E-state index contributed by atoms with van der Waals surface area (Å²) >= 11 is 0. The molecule has 0 fully saturated rings. The molecule has 0 radical (unpaired) electrons. The first-order chi connectivity index (χ1) is 4.65. The van der Waals surface area contributed by atoms with E-state index in [9.17, 15) is 0 Å². The first-order valence-corrected chi connectivity index (χ1v) is 2.53. The summed E-state index contributed by atoms with van der Waals surface area (Å²) in [4.78, 5) is 9.00. The summed E-state index contributed by atoms with van der Waals surface area (Å²) in [6, 6.07) is 1.80. The summed E-state index contributed by atoms with van der Waals surface area (Å²) in [6.07, 6.45) is 0. The van der Waals surface area contributed by atoms with Crippen LogP contribution in [0.4, 0.5) is 0 Å². The molecule has 0 aliphatic carbocycles. The number of aliphatic hydroxyl groups is 1. The zero-order valence-corrected chi connectivity index (χ0v) is 5.66. The van der Waals surface area contributed by atoms with Gasteiger partial charge in [-0.2, -0.15) is 5.26 Å². The van der Waals surface area contributed by atoms with Crippen LogP contribution in [0.3, 0.4) is 0 Å².